The second-order valence-electron chi connectivity index (χ2n) is 15.4. The molecular formula is C37H46N2O5. The molecule has 3 saturated carbocycles. The van der Waals surface area contributed by atoms with Gasteiger partial charge in [-0.15, -0.1) is 0 Å². The predicted molar refractivity (Wildman–Crippen MR) is 168 cm³/mol. The first-order valence-corrected chi connectivity index (χ1v) is 16.7. The lowest BCUT2D eigenvalue weighted by Gasteiger charge is -2.71. The predicted octanol–water partition coefficient (Wildman–Crippen LogP) is 5.58. The van der Waals surface area contributed by atoms with E-state index in [4.69, 9.17) is 4.42 Å². The third-order valence-electron chi connectivity index (χ3n) is 13.8. The van der Waals surface area contributed by atoms with Gasteiger partial charge in [-0.3, -0.25) is 9.69 Å². The fourth-order valence-electron chi connectivity index (χ4n) is 11.4. The van der Waals surface area contributed by atoms with E-state index in [1.165, 1.54) is 0 Å². The Bertz CT molecular complexity index is 1530. The van der Waals surface area contributed by atoms with E-state index in [9.17, 15) is 20.1 Å². The van der Waals surface area contributed by atoms with Gasteiger partial charge in [-0.25, -0.2) is 0 Å². The topological polar surface area (TPSA) is 97.4 Å². The third kappa shape index (κ3) is 3.63. The molecule has 44 heavy (non-hydrogen) atoms. The molecule has 1 aromatic carbocycles. The second-order valence-corrected chi connectivity index (χ2v) is 15.4. The molecular weight excluding hydrogens is 552 g/mol. The summed E-state index contributed by atoms with van der Waals surface area (Å²) in [5.74, 6) is 1.06. The summed E-state index contributed by atoms with van der Waals surface area (Å²) in [5, 5.41) is 34.0. The molecule has 2 aromatic rings. The number of anilines is 1. The summed E-state index contributed by atoms with van der Waals surface area (Å²) < 4.78 is 5.70. The second kappa shape index (κ2) is 9.57. The maximum Gasteiger partial charge on any atom is 0.224 e. The van der Waals surface area contributed by atoms with E-state index in [2.05, 4.69) is 41.9 Å². The number of hydrogen-bond donors (Lipinski definition) is 3. The number of β-amino-alcohol motifs (C(OH)–C–C–N with tert-alkyl or cyclic N) is 1. The van der Waals surface area contributed by atoms with Gasteiger partial charge < -0.3 is 24.6 Å². The fourth-order valence-corrected chi connectivity index (χ4v) is 11.4. The van der Waals surface area contributed by atoms with Gasteiger partial charge in [0.15, 0.2) is 5.76 Å². The number of aromatic hydroxyl groups is 1. The Labute approximate surface area is 260 Å². The highest BCUT2D eigenvalue weighted by molar-refractivity contribution is 6.08. The molecule has 9 rings (SSSR count). The maximum absolute atomic E-state index is 14.3. The van der Waals surface area contributed by atoms with Crippen LogP contribution in [0.1, 0.15) is 69.3 Å². The molecule has 4 fully saturated rings. The first-order valence-electron chi connectivity index (χ1n) is 16.7. The molecule has 7 aliphatic rings. The number of piperazine rings is 1. The molecule has 1 aliphatic heterocycles. The molecule has 0 radical (unpaired) electrons. The molecule has 0 amide bonds. The number of benzene rings is 1. The number of nitrogens with zero attached hydrogens (tertiary/aromatic N) is 2. The number of Topliss-reactive ketones (excluding diaryl/α,β-unsaturated/α-hetero) is 1. The minimum absolute atomic E-state index is 0.0363. The van der Waals surface area contributed by atoms with E-state index in [1.807, 2.05) is 18.2 Å². The number of phenolic OH excluding ortho intramolecular Hbond substituents is 1. The van der Waals surface area contributed by atoms with E-state index in [1.54, 1.807) is 24.5 Å². The largest absolute Gasteiger partial charge is 0.506 e. The Kier molecular flexibility index (Phi) is 6.22. The molecule has 1 unspecified atom stereocenters. The standard InChI is InChI=1S/C37H46N2O5/c1-33-12-9-25(40)22-35(33)15-16-37(26(23-35)32(42)29-8-5-21-44-29)30(33)10-13-34(2)31(37)11-14-36(34,43)24-38-17-19-39(20-18-38)27-6-3-4-7-28(27)41/h3-8,15-16,21,23,25,30-31,40-41,43H,9-14,17-20,22,24H2,1-2H3/t25?,30-,31-,33-,34+,35+,36-,37-/m1/s1. The number of aliphatic hydroxyl groups excluding tert-OH is 1. The summed E-state index contributed by atoms with van der Waals surface area (Å²) >= 11 is 0. The number of allylic oxidation sites excluding steroid dienone is 4. The molecule has 3 N–H and O–H groups in total. The summed E-state index contributed by atoms with van der Waals surface area (Å²) in [6.45, 7) is 8.61. The monoisotopic (exact) mass is 598 g/mol. The van der Waals surface area contributed by atoms with Crippen molar-refractivity contribution >= 4 is 11.5 Å². The van der Waals surface area contributed by atoms with Crippen molar-refractivity contribution < 1.29 is 24.5 Å². The van der Waals surface area contributed by atoms with Gasteiger partial charge in [-0.1, -0.05) is 44.2 Å². The minimum Gasteiger partial charge on any atom is -0.506 e. The van der Waals surface area contributed by atoms with Gasteiger partial charge in [-0.2, -0.15) is 0 Å². The number of carbonyl (C=O) groups is 1. The van der Waals surface area contributed by atoms with Crippen LogP contribution >= 0.6 is 0 Å². The zero-order valence-electron chi connectivity index (χ0n) is 26.0. The molecule has 8 atom stereocenters. The van der Waals surface area contributed by atoms with Crippen LogP contribution in [0.15, 0.2) is 70.9 Å². The zero-order chi connectivity index (χ0) is 30.5. The van der Waals surface area contributed by atoms with E-state index in [0.29, 0.717) is 24.5 Å². The lowest BCUT2D eigenvalue weighted by molar-refractivity contribution is -0.176. The quantitative estimate of drug-likeness (QED) is 0.305. The number of furan rings is 1. The molecule has 234 valence electrons. The highest BCUT2D eigenvalue weighted by Crippen LogP contribution is 2.78. The molecule has 1 aromatic heterocycles. The first-order chi connectivity index (χ1) is 21.1. The van der Waals surface area contributed by atoms with Gasteiger partial charge in [0.1, 0.15) is 5.75 Å². The summed E-state index contributed by atoms with van der Waals surface area (Å²) in [7, 11) is 0. The number of para-hydroxylation sites is 2. The Balaban J connectivity index is 1.13. The van der Waals surface area contributed by atoms with Crippen LogP contribution in [0, 0.1) is 33.5 Å². The third-order valence-corrected chi connectivity index (χ3v) is 13.8. The fraction of sp³-hybridized carbons (Fsp3) is 0.595. The van der Waals surface area contributed by atoms with Crippen LogP contribution in [0.2, 0.25) is 0 Å². The van der Waals surface area contributed by atoms with Crippen molar-refractivity contribution in [3.8, 4) is 5.75 Å². The average molecular weight is 599 g/mol. The summed E-state index contributed by atoms with van der Waals surface area (Å²) in [6, 6.07) is 11.1. The number of ketones is 1. The first kappa shape index (κ1) is 28.6. The number of aliphatic hydroxyl groups is 2. The number of hydrogen-bond acceptors (Lipinski definition) is 7. The van der Waals surface area contributed by atoms with Crippen LogP contribution in [0.4, 0.5) is 5.69 Å². The van der Waals surface area contributed by atoms with Crippen molar-refractivity contribution in [1.82, 2.24) is 4.90 Å². The van der Waals surface area contributed by atoms with Crippen LogP contribution in [0.5, 0.6) is 5.75 Å². The molecule has 7 heteroatoms. The summed E-state index contributed by atoms with van der Waals surface area (Å²) in [5.41, 5.74) is -0.367. The number of phenols is 1. The normalized spacial score (nSPS) is 42.9. The van der Waals surface area contributed by atoms with Crippen LogP contribution in [-0.2, 0) is 0 Å². The number of carbonyl (C=O) groups excluding carboxylic acids is 1. The van der Waals surface area contributed by atoms with Crippen molar-refractivity contribution in [2.45, 2.75) is 70.5 Å². The SMILES string of the molecule is C[C@]12CC[C@H]3[C@]4(C=C[C@@]5(C=C4C(=O)c4ccco4)CC(O)CC[C@]35C)[C@@H]1CC[C@@]2(O)CN1CCN(c2ccccc2O)CC1. The number of rotatable bonds is 5. The van der Waals surface area contributed by atoms with Crippen LogP contribution in [-0.4, -0.2) is 70.4 Å². The van der Waals surface area contributed by atoms with Crippen molar-refractivity contribution in [3.63, 3.8) is 0 Å². The van der Waals surface area contributed by atoms with Gasteiger partial charge in [0.2, 0.25) is 5.78 Å². The number of fused-ring (bicyclic) bond motifs is 1. The van der Waals surface area contributed by atoms with Crippen LogP contribution in [0.25, 0.3) is 0 Å². The molecule has 6 aliphatic carbocycles. The summed E-state index contributed by atoms with van der Waals surface area (Å²) in [6.07, 6.45) is 14.1. The van der Waals surface area contributed by atoms with E-state index >= 15 is 0 Å². The molecule has 2 bridgehead atoms. The van der Waals surface area contributed by atoms with Gasteiger partial charge in [-0.05, 0) is 86.5 Å². The lowest BCUT2D eigenvalue weighted by Crippen LogP contribution is -2.67. The molecule has 1 saturated heterocycles. The van der Waals surface area contributed by atoms with Gasteiger partial charge in [0, 0.05) is 54.5 Å². The minimum atomic E-state index is -0.864. The Morgan fingerprint density at radius 3 is 2.41 bits per heavy atom. The summed E-state index contributed by atoms with van der Waals surface area (Å²) in [4.78, 5) is 19.0. The Morgan fingerprint density at radius 1 is 0.932 bits per heavy atom. The Morgan fingerprint density at radius 2 is 1.66 bits per heavy atom. The molecule has 2 spiro atoms. The van der Waals surface area contributed by atoms with Crippen molar-refractivity contribution in [1.29, 1.82) is 0 Å². The van der Waals surface area contributed by atoms with E-state index in [-0.39, 0.29) is 40.0 Å². The zero-order valence-corrected chi connectivity index (χ0v) is 26.0. The maximum atomic E-state index is 14.3. The van der Waals surface area contributed by atoms with Gasteiger partial charge >= 0.3 is 0 Å². The molecule has 7 nitrogen and oxygen atoms in total. The average Bonchev–Trinajstić information content (AvgIpc) is 3.64. The molecule has 2 heterocycles. The van der Waals surface area contributed by atoms with Gasteiger partial charge in [0.05, 0.1) is 23.7 Å². The van der Waals surface area contributed by atoms with E-state index in [0.717, 1.165) is 76.0 Å². The lowest BCUT2D eigenvalue weighted by atomic mass is 9.32. The highest BCUT2D eigenvalue weighted by Gasteiger charge is 2.74. The van der Waals surface area contributed by atoms with Crippen LogP contribution < -0.4 is 4.90 Å². The van der Waals surface area contributed by atoms with E-state index < -0.39 is 11.0 Å². The van der Waals surface area contributed by atoms with Gasteiger partial charge in [0.25, 0.3) is 0 Å². The highest BCUT2D eigenvalue weighted by atomic mass is 16.3. The smallest absolute Gasteiger partial charge is 0.224 e. The van der Waals surface area contributed by atoms with Crippen LogP contribution in [0.3, 0.4) is 0 Å². The van der Waals surface area contributed by atoms with Crippen molar-refractivity contribution in [2.75, 3.05) is 37.6 Å². The van der Waals surface area contributed by atoms with Crippen molar-refractivity contribution in [2.24, 2.45) is 33.5 Å². The Hall–Kier alpha value is -2.87. The van der Waals surface area contributed by atoms with Crippen molar-refractivity contribution in [3.05, 3.63) is 72.2 Å².